The molecule has 1 saturated heterocycles. The summed E-state index contributed by atoms with van der Waals surface area (Å²) in [6.45, 7) is 1.12. The highest BCUT2D eigenvalue weighted by atomic mass is 19.1. The molecular formula is C26H26FN3O3. The van der Waals surface area contributed by atoms with Crippen LogP contribution in [0.3, 0.4) is 0 Å². The highest BCUT2D eigenvalue weighted by Gasteiger charge is 2.32. The van der Waals surface area contributed by atoms with E-state index in [9.17, 15) is 14.0 Å². The second kappa shape index (κ2) is 10.7. The van der Waals surface area contributed by atoms with Crippen LogP contribution in [0.5, 0.6) is 5.75 Å². The van der Waals surface area contributed by atoms with Crippen LogP contribution in [0.25, 0.3) is 11.1 Å². The van der Waals surface area contributed by atoms with Crippen LogP contribution in [0.1, 0.15) is 18.4 Å². The Morgan fingerprint density at radius 1 is 1.12 bits per heavy atom. The van der Waals surface area contributed by atoms with E-state index in [4.69, 9.17) is 4.74 Å². The number of nitrogens with zero attached hydrogens (tertiary/aromatic N) is 2. The lowest BCUT2D eigenvalue weighted by molar-refractivity contribution is -0.143. The molecule has 1 fully saturated rings. The van der Waals surface area contributed by atoms with Gasteiger partial charge in [0.1, 0.15) is 6.04 Å². The van der Waals surface area contributed by atoms with E-state index in [1.54, 1.807) is 35.5 Å². The number of carbonyl (C=O) groups excluding carboxylic acids is 2. The molecule has 6 nitrogen and oxygen atoms in total. The first-order chi connectivity index (χ1) is 16.1. The Morgan fingerprint density at radius 3 is 2.79 bits per heavy atom. The number of aromatic nitrogens is 1. The minimum atomic E-state index is -0.567. The van der Waals surface area contributed by atoms with Crippen molar-refractivity contribution in [2.75, 3.05) is 19.7 Å². The van der Waals surface area contributed by atoms with Gasteiger partial charge >= 0.3 is 0 Å². The number of amides is 2. The van der Waals surface area contributed by atoms with Gasteiger partial charge in [0.15, 0.2) is 11.6 Å². The normalized spacial score (nSPS) is 15.7. The third-order valence-electron chi connectivity index (χ3n) is 5.63. The number of hydrogen-bond donors (Lipinski definition) is 1. The maximum absolute atomic E-state index is 13.7. The molecule has 2 heterocycles. The van der Waals surface area contributed by atoms with Gasteiger partial charge in [-0.1, -0.05) is 42.5 Å². The molecule has 3 aromatic rings. The lowest BCUT2D eigenvalue weighted by Gasteiger charge is -2.35. The molecule has 7 heteroatoms. The molecule has 1 aromatic heterocycles. The monoisotopic (exact) mass is 447 g/mol. The van der Waals surface area contributed by atoms with Crippen LogP contribution in [0.15, 0.2) is 73.1 Å². The highest BCUT2D eigenvalue weighted by Crippen LogP contribution is 2.22. The molecule has 1 aliphatic heterocycles. The average Bonchev–Trinajstić information content (AvgIpc) is 2.85. The van der Waals surface area contributed by atoms with Crippen LogP contribution < -0.4 is 10.1 Å². The summed E-state index contributed by atoms with van der Waals surface area (Å²) >= 11 is 0. The predicted molar refractivity (Wildman–Crippen MR) is 123 cm³/mol. The van der Waals surface area contributed by atoms with Gasteiger partial charge in [0, 0.05) is 38.3 Å². The Bertz CT molecular complexity index is 1110. The smallest absolute Gasteiger partial charge is 0.243 e. The summed E-state index contributed by atoms with van der Waals surface area (Å²) in [4.78, 5) is 31.4. The molecule has 0 bridgehead atoms. The van der Waals surface area contributed by atoms with Crippen LogP contribution in [0.4, 0.5) is 4.39 Å². The maximum Gasteiger partial charge on any atom is 0.243 e. The summed E-state index contributed by atoms with van der Waals surface area (Å²) in [5.74, 6) is -0.502. The van der Waals surface area contributed by atoms with E-state index < -0.39 is 11.9 Å². The summed E-state index contributed by atoms with van der Waals surface area (Å²) in [6.07, 6.45) is 4.62. The zero-order chi connectivity index (χ0) is 23.0. The van der Waals surface area contributed by atoms with E-state index in [1.165, 1.54) is 6.07 Å². The first kappa shape index (κ1) is 22.5. The molecule has 170 valence electrons. The summed E-state index contributed by atoms with van der Waals surface area (Å²) in [7, 11) is 0. The zero-order valence-electron chi connectivity index (χ0n) is 18.2. The molecule has 0 saturated carbocycles. The minimum Gasteiger partial charge on any atom is -0.491 e. The van der Waals surface area contributed by atoms with Crippen LogP contribution in [0, 0.1) is 5.82 Å². The molecule has 1 aliphatic rings. The number of para-hydroxylation sites is 1. The number of carbonyl (C=O) groups is 2. The summed E-state index contributed by atoms with van der Waals surface area (Å²) in [6, 6.07) is 17.4. The van der Waals surface area contributed by atoms with Crippen LogP contribution in [-0.2, 0) is 16.0 Å². The van der Waals surface area contributed by atoms with Crippen molar-refractivity contribution in [2.24, 2.45) is 0 Å². The molecular weight excluding hydrogens is 421 g/mol. The minimum absolute atomic E-state index is 0.101. The van der Waals surface area contributed by atoms with E-state index in [0.717, 1.165) is 16.7 Å². The first-order valence-electron chi connectivity index (χ1n) is 11.1. The van der Waals surface area contributed by atoms with E-state index in [2.05, 4.69) is 10.3 Å². The zero-order valence-corrected chi connectivity index (χ0v) is 18.2. The number of halogens is 1. The van der Waals surface area contributed by atoms with E-state index in [0.29, 0.717) is 25.9 Å². The Hall–Kier alpha value is -3.74. The van der Waals surface area contributed by atoms with Crippen LogP contribution in [-0.4, -0.2) is 47.4 Å². The number of rotatable bonds is 8. The Balaban J connectivity index is 1.38. The maximum atomic E-state index is 13.7. The van der Waals surface area contributed by atoms with Gasteiger partial charge in [-0.25, -0.2) is 4.39 Å². The standard InChI is InChI=1S/C26H26FN3O3/c27-22-9-1-2-10-24(22)33-15-5-11-25(31)30-14-13-29-26(32)23(30)17-19-6-3-7-20(16-19)21-8-4-12-28-18-21/h1-4,6-10,12,16,18,23H,5,11,13-15,17H2,(H,29,32)/t23-/m1/s1. The van der Waals surface area contributed by atoms with Crippen molar-refractivity contribution < 1.29 is 18.7 Å². The van der Waals surface area contributed by atoms with Gasteiger partial charge in [0.2, 0.25) is 11.8 Å². The number of hydrogen-bond acceptors (Lipinski definition) is 4. The summed E-state index contributed by atoms with van der Waals surface area (Å²) in [5.41, 5.74) is 2.98. The van der Waals surface area contributed by atoms with E-state index in [1.807, 2.05) is 36.4 Å². The lowest BCUT2D eigenvalue weighted by atomic mass is 9.98. The number of pyridine rings is 1. The molecule has 4 rings (SSSR count). The number of ether oxygens (including phenoxy) is 1. The third-order valence-corrected chi connectivity index (χ3v) is 5.63. The van der Waals surface area contributed by atoms with Gasteiger partial charge in [-0.05, 0) is 41.3 Å². The quantitative estimate of drug-likeness (QED) is 0.536. The average molecular weight is 448 g/mol. The van der Waals surface area contributed by atoms with Crippen molar-refractivity contribution in [1.29, 1.82) is 0 Å². The second-order valence-electron chi connectivity index (χ2n) is 7.92. The van der Waals surface area contributed by atoms with Crippen LogP contribution in [0.2, 0.25) is 0 Å². The van der Waals surface area contributed by atoms with Gasteiger partial charge in [-0.2, -0.15) is 0 Å². The van der Waals surface area contributed by atoms with Gasteiger partial charge in [0.05, 0.1) is 6.61 Å². The number of benzene rings is 2. The number of nitrogens with one attached hydrogen (secondary N) is 1. The molecule has 0 spiro atoms. The molecule has 0 unspecified atom stereocenters. The summed E-state index contributed by atoms with van der Waals surface area (Å²) in [5, 5.41) is 2.87. The van der Waals surface area contributed by atoms with Gasteiger partial charge in [0.25, 0.3) is 0 Å². The Labute approximate surface area is 192 Å². The fourth-order valence-electron chi connectivity index (χ4n) is 3.96. The Morgan fingerprint density at radius 2 is 1.97 bits per heavy atom. The largest absolute Gasteiger partial charge is 0.491 e. The van der Waals surface area contributed by atoms with Crippen molar-refractivity contribution in [3.63, 3.8) is 0 Å². The molecule has 1 N–H and O–H groups in total. The fourth-order valence-corrected chi connectivity index (χ4v) is 3.96. The van der Waals surface area contributed by atoms with Gasteiger partial charge < -0.3 is 15.0 Å². The van der Waals surface area contributed by atoms with Crippen molar-refractivity contribution in [3.8, 4) is 16.9 Å². The third kappa shape index (κ3) is 5.74. The van der Waals surface area contributed by atoms with Gasteiger partial charge in [-0.15, -0.1) is 0 Å². The lowest BCUT2D eigenvalue weighted by Crippen LogP contribution is -2.58. The van der Waals surface area contributed by atoms with Crippen molar-refractivity contribution >= 4 is 11.8 Å². The van der Waals surface area contributed by atoms with E-state index in [-0.39, 0.29) is 30.6 Å². The topological polar surface area (TPSA) is 71.5 Å². The van der Waals surface area contributed by atoms with Crippen molar-refractivity contribution in [3.05, 3.63) is 84.4 Å². The summed E-state index contributed by atoms with van der Waals surface area (Å²) < 4.78 is 19.1. The molecule has 2 amide bonds. The predicted octanol–water partition coefficient (Wildman–Crippen LogP) is 3.62. The molecule has 1 atom stereocenters. The number of piperazine rings is 1. The van der Waals surface area contributed by atoms with Crippen molar-refractivity contribution in [2.45, 2.75) is 25.3 Å². The fraction of sp³-hybridized carbons (Fsp3) is 0.269. The molecule has 0 aliphatic carbocycles. The molecule has 0 radical (unpaired) electrons. The van der Waals surface area contributed by atoms with Gasteiger partial charge in [-0.3, -0.25) is 14.6 Å². The molecule has 33 heavy (non-hydrogen) atoms. The highest BCUT2D eigenvalue weighted by molar-refractivity contribution is 5.89. The van der Waals surface area contributed by atoms with Crippen molar-refractivity contribution in [1.82, 2.24) is 15.2 Å². The Kier molecular flexibility index (Phi) is 7.29. The first-order valence-corrected chi connectivity index (χ1v) is 11.1. The molecule has 2 aromatic carbocycles. The van der Waals surface area contributed by atoms with Crippen LogP contribution >= 0.6 is 0 Å². The van der Waals surface area contributed by atoms with E-state index >= 15 is 0 Å². The SMILES string of the molecule is O=C1NCCN(C(=O)CCCOc2ccccc2F)[C@@H]1Cc1cccc(-c2cccnc2)c1. The second-order valence-corrected chi connectivity index (χ2v) is 7.92.